The average molecular weight is 327 g/mol. The van der Waals surface area contributed by atoms with Crippen molar-refractivity contribution in [1.29, 1.82) is 0 Å². The summed E-state index contributed by atoms with van der Waals surface area (Å²) in [7, 11) is 0. The summed E-state index contributed by atoms with van der Waals surface area (Å²) in [6, 6.07) is 11.7. The molecule has 0 amide bonds. The first-order chi connectivity index (χ1) is 11.1. The molecule has 118 valence electrons. The zero-order chi connectivity index (χ0) is 16.2. The fourth-order valence-corrected chi connectivity index (χ4v) is 2.92. The van der Waals surface area contributed by atoms with Gasteiger partial charge in [0.25, 0.3) is 0 Å². The SMILES string of the molecule is CC(C)c1ccc(-n2nnnc2SCC(=O)c2ccc[nH]2)cc1. The van der Waals surface area contributed by atoms with E-state index in [2.05, 4.69) is 46.5 Å². The first kappa shape index (κ1) is 15.5. The predicted molar refractivity (Wildman–Crippen MR) is 89.1 cm³/mol. The van der Waals surface area contributed by atoms with Crippen molar-refractivity contribution in [2.24, 2.45) is 0 Å². The highest BCUT2D eigenvalue weighted by atomic mass is 32.2. The zero-order valence-corrected chi connectivity index (χ0v) is 13.7. The molecule has 0 fully saturated rings. The van der Waals surface area contributed by atoms with Gasteiger partial charge < -0.3 is 4.98 Å². The third kappa shape index (κ3) is 3.50. The van der Waals surface area contributed by atoms with Crippen LogP contribution in [0, 0.1) is 0 Å². The van der Waals surface area contributed by atoms with E-state index in [9.17, 15) is 4.79 Å². The third-order valence-corrected chi connectivity index (χ3v) is 4.40. The van der Waals surface area contributed by atoms with Gasteiger partial charge in [-0.15, -0.1) is 5.10 Å². The van der Waals surface area contributed by atoms with Gasteiger partial charge in [-0.1, -0.05) is 37.7 Å². The molecule has 0 saturated carbocycles. The van der Waals surface area contributed by atoms with E-state index in [-0.39, 0.29) is 11.5 Å². The first-order valence-corrected chi connectivity index (χ1v) is 8.32. The smallest absolute Gasteiger partial charge is 0.214 e. The van der Waals surface area contributed by atoms with E-state index in [1.807, 2.05) is 12.1 Å². The average Bonchev–Trinajstić information content (AvgIpc) is 3.24. The molecule has 0 spiro atoms. The Balaban J connectivity index is 1.73. The summed E-state index contributed by atoms with van der Waals surface area (Å²) in [5.74, 6) is 0.778. The van der Waals surface area contributed by atoms with E-state index in [1.165, 1.54) is 17.3 Å². The Morgan fingerprint density at radius 1 is 1.26 bits per heavy atom. The molecule has 0 saturated heterocycles. The highest BCUT2D eigenvalue weighted by Crippen LogP contribution is 2.21. The molecular formula is C16H17N5OS. The number of aromatic nitrogens is 5. The number of aromatic amines is 1. The monoisotopic (exact) mass is 327 g/mol. The summed E-state index contributed by atoms with van der Waals surface area (Å²) < 4.78 is 1.65. The van der Waals surface area contributed by atoms with Gasteiger partial charge in [-0.25, -0.2) is 0 Å². The summed E-state index contributed by atoms with van der Waals surface area (Å²) in [6.45, 7) is 4.30. The zero-order valence-electron chi connectivity index (χ0n) is 12.9. The van der Waals surface area contributed by atoms with Crippen molar-refractivity contribution in [3.8, 4) is 5.69 Å². The third-order valence-electron chi connectivity index (χ3n) is 3.48. The standard InChI is InChI=1S/C16H17N5OS/c1-11(2)12-5-7-13(8-6-12)21-16(18-19-20-21)23-10-15(22)14-4-3-9-17-14/h3-9,11,17H,10H2,1-2H3. The fourth-order valence-electron chi connectivity index (χ4n) is 2.14. The number of hydrogen-bond donors (Lipinski definition) is 1. The van der Waals surface area contributed by atoms with Crippen molar-refractivity contribution < 1.29 is 4.79 Å². The molecule has 0 aliphatic heterocycles. The molecule has 3 aromatic rings. The summed E-state index contributed by atoms with van der Waals surface area (Å²) in [4.78, 5) is 14.9. The van der Waals surface area contributed by atoms with Crippen LogP contribution in [0.2, 0.25) is 0 Å². The summed E-state index contributed by atoms with van der Waals surface area (Å²) in [6.07, 6.45) is 1.73. The van der Waals surface area contributed by atoms with Crippen LogP contribution in [0.25, 0.3) is 5.69 Å². The molecule has 1 N–H and O–H groups in total. The highest BCUT2D eigenvalue weighted by molar-refractivity contribution is 7.99. The van der Waals surface area contributed by atoms with Crippen LogP contribution in [0.15, 0.2) is 47.8 Å². The van der Waals surface area contributed by atoms with Crippen LogP contribution in [-0.4, -0.2) is 36.7 Å². The molecular weight excluding hydrogens is 310 g/mol. The van der Waals surface area contributed by atoms with Gasteiger partial charge in [0.15, 0.2) is 5.78 Å². The van der Waals surface area contributed by atoms with Crippen molar-refractivity contribution in [3.05, 3.63) is 53.9 Å². The van der Waals surface area contributed by atoms with E-state index >= 15 is 0 Å². The Bertz CT molecular complexity index is 777. The largest absolute Gasteiger partial charge is 0.359 e. The number of nitrogens with one attached hydrogen (secondary N) is 1. The van der Waals surface area contributed by atoms with E-state index in [4.69, 9.17) is 0 Å². The minimum atomic E-state index is 0.0182. The quantitative estimate of drug-likeness (QED) is 0.556. The highest BCUT2D eigenvalue weighted by Gasteiger charge is 2.13. The number of tetrazole rings is 1. The molecule has 0 radical (unpaired) electrons. The van der Waals surface area contributed by atoms with E-state index < -0.39 is 0 Å². The van der Waals surface area contributed by atoms with Crippen molar-refractivity contribution in [3.63, 3.8) is 0 Å². The van der Waals surface area contributed by atoms with Gasteiger partial charge in [0, 0.05) is 6.20 Å². The molecule has 0 atom stereocenters. The molecule has 0 aliphatic rings. The Morgan fingerprint density at radius 3 is 2.70 bits per heavy atom. The predicted octanol–water partition coefficient (Wildman–Crippen LogP) is 3.09. The molecule has 7 heteroatoms. The molecule has 1 aromatic carbocycles. The number of carbonyl (C=O) groups is 1. The van der Waals surface area contributed by atoms with Crippen molar-refractivity contribution in [1.82, 2.24) is 25.2 Å². The van der Waals surface area contributed by atoms with Gasteiger partial charge in [0.05, 0.1) is 17.1 Å². The fraction of sp³-hybridized carbons (Fsp3) is 0.250. The lowest BCUT2D eigenvalue weighted by Crippen LogP contribution is -2.05. The maximum Gasteiger partial charge on any atom is 0.214 e. The second-order valence-corrected chi connectivity index (χ2v) is 6.36. The van der Waals surface area contributed by atoms with Gasteiger partial charge in [0.1, 0.15) is 0 Å². The lowest BCUT2D eigenvalue weighted by Gasteiger charge is -2.07. The Kier molecular flexibility index (Phi) is 4.57. The Hall–Kier alpha value is -2.41. The van der Waals surface area contributed by atoms with E-state index in [0.29, 0.717) is 16.8 Å². The van der Waals surface area contributed by atoms with Crippen LogP contribution < -0.4 is 0 Å². The number of H-pyrrole nitrogens is 1. The maximum atomic E-state index is 12.0. The number of nitrogens with zero attached hydrogens (tertiary/aromatic N) is 4. The number of carbonyl (C=O) groups excluding carboxylic acids is 1. The molecule has 23 heavy (non-hydrogen) atoms. The van der Waals surface area contributed by atoms with E-state index in [0.717, 1.165) is 5.69 Å². The minimum absolute atomic E-state index is 0.0182. The topological polar surface area (TPSA) is 76.5 Å². The van der Waals surface area contributed by atoms with Crippen LogP contribution in [-0.2, 0) is 0 Å². The van der Waals surface area contributed by atoms with Gasteiger partial charge in [0.2, 0.25) is 5.16 Å². The summed E-state index contributed by atoms with van der Waals surface area (Å²) in [5.41, 5.74) is 2.74. The van der Waals surface area contributed by atoms with Crippen LogP contribution in [0.5, 0.6) is 0 Å². The molecule has 3 rings (SSSR count). The second kappa shape index (κ2) is 6.78. The van der Waals surface area contributed by atoms with Gasteiger partial charge in [-0.2, -0.15) is 4.68 Å². The second-order valence-electron chi connectivity index (χ2n) is 5.42. The molecule has 6 nitrogen and oxygen atoms in total. The lowest BCUT2D eigenvalue weighted by molar-refractivity contribution is 0.101. The maximum absolute atomic E-state index is 12.0. The van der Waals surface area contributed by atoms with Gasteiger partial charge in [-0.3, -0.25) is 4.79 Å². The first-order valence-electron chi connectivity index (χ1n) is 7.33. The number of benzene rings is 1. The molecule has 0 aliphatic carbocycles. The van der Waals surface area contributed by atoms with Crippen LogP contribution >= 0.6 is 11.8 Å². The van der Waals surface area contributed by atoms with Gasteiger partial charge in [-0.05, 0) is 46.2 Å². The molecule has 0 unspecified atom stereocenters. The Morgan fingerprint density at radius 2 is 2.04 bits per heavy atom. The number of ketones is 1. The summed E-state index contributed by atoms with van der Waals surface area (Å²) in [5, 5.41) is 12.3. The number of hydrogen-bond acceptors (Lipinski definition) is 5. The summed E-state index contributed by atoms with van der Waals surface area (Å²) >= 11 is 1.32. The van der Waals surface area contributed by atoms with Crippen molar-refractivity contribution >= 4 is 17.5 Å². The minimum Gasteiger partial charge on any atom is -0.359 e. The molecule has 2 aromatic heterocycles. The lowest BCUT2D eigenvalue weighted by atomic mass is 10.0. The molecule has 2 heterocycles. The molecule has 0 bridgehead atoms. The van der Waals surface area contributed by atoms with Crippen LogP contribution in [0.4, 0.5) is 0 Å². The number of Topliss-reactive ketones (excluding diaryl/α,β-unsaturated/α-hetero) is 1. The van der Waals surface area contributed by atoms with Gasteiger partial charge >= 0.3 is 0 Å². The Labute approximate surface area is 138 Å². The van der Waals surface area contributed by atoms with Crippen molar-refractivity contribution in [2.75, 3.05) is 5.75 Å². The van der Waals surface area contributed by atoms with Crippen LogP contribution in [0.3, 0.4) is 0 Å². The number of thioether (sulfide) groups is 1. The number of rotatable bonds is 6. The normalized spacial score (nSPS) is 11.1. The van der Waals surface area contributed by atoms with Crippen LogP contribution in [0.1, 0.15) is 35.8 Å². The van der Waals surface area contributed by atoms with Crippen molar-refractivity contribution in [2.45, 2.75) is 24.9 Å². The van der Waals surface area contributed by atoms with E-state index in [1.54, 1.807) is 23.0 Å².